The quantitative estimate of drug-likeness (QED) is 0.193. The van der Waals surface area contributed by atoms with Crippen molar-refractivity contribution < 1.29 is 37.1 Å². The van der Waals surface area contributed by atoms with E-state index in [9.17, 15) is 27.6 Å². The Bertz CT molecular complexity index is 2640. The number of imide groups is 2. The van der Waals surface area contributed by atoms with Crippen LogP contribution in [0.5, 0.6) is 0 Å². The first-order valence-electron chi connectivity index (χ1n) is 20.1. The second-order valence-electron chi connectivity index (χ2n) is 18.1. The van der Waals surface area contributed by atoms with E-state index in [1.54, 1.807) is 30.2 Å². The van der Waals surface area contributed by atoms with Gasteiger partial charge in [-0.05, 0) is 34.5 Å². The monoisotopic (exact) mass is 942 g/mol. The summed E-state index contributed by atoms with van der Waals surface area (Å²) in [6.07, 6.45) is 2.84. The van der Waals surface area contributed by atoms with E-state index in [1.807, 2.05) is 48.1 Å². The van der Waals surface area contributed by atoms with Crippen LogP contribution in [0.4, 0.5) is 9.59 Å². The molecule has 2 spiro atoms. The number of hydrogen-bond donors (Lipinski definition) is 0. The second kappa shape index (κ2) is 18.2. The number of fused-ring (bicyclic) bond motifs is 2. The molecule has 4 aliphatic heterocycles. The van der Waals surface area contributed by atoms with Crippen molar-refractivity contribution in [1.29, 1.82) is 10.5 Å². The molecule has 8 heterocycles. The van der Waals surface area contributed by atoms with Gasteiger partial charge in [0.05, 0.1) is 29.9 Å². The Morgan fingerprint density at radius 3 is 1.46 bits per heavy atom. The Morgan fingerprint density at radius 1 is 0.714 bits per heavy atom. The summed E-state index contributed by atoms with van der Waals surface area (Å²) in [5.41, 5.74) is -0.0243. The van der Waals surface area contributed by atoms with E-state index < -0.39 is 39.1 Å². The van der Waals surface area contributed by atoms with Crippen LogP contribution < -0.4 is 0 Å². The average Bonchev–Trinajstić information content (AvgIpc) is 3.87. The van der Waals surface area contributed by atoms with Crippen molar-refractivity contribution in [1.82, 2.24) is 38.9 Å². The van der Waals surface area contributed by atoms with E-state index in [-0.39, 0.29) is 71.2 Å². The molecule has 63 heavy (non-hydrogen) atoms. The van der Waals surface area contributed by atoms with E-state index in [1.165, 1.54) is 4.90 Å². The van der Waals surface area contributed by atoms with Crippen molar-refractivity contribution in [3.8, 4) is 12.1 Å². The molecule has 0 bridgehead atoms. The summed E-state index contributed by atoms with van der Waals surface area (Å²) < 4.78 is 38.4. The number of sulfone groups is 1. The maximum absolute atomic E-state index is 13.1. The van der Waals surface area contributed by atoms with Gasteiger partial charge in [0.25, 0.3) is 11.8 Å². The number of thioether (sulfide) groups is 1. The minimum absolute atomic E-state index is 0.0294. The summed E-state index contributed by atoms with van der Waals surface area (Å²) in [6.45, 7) is 13.6. The van der Waals surface area contributed by atoms with Gasteiger partial charge in [-0.15, -0.1) is 23.2 Å². The lowest BCUT2D eigenvalue weighted by atomic mass is 9.95. The van der Waals surface area contributed by atoms with Crippen LogP contribution in [0, 0.1) is 33.5 Å². The standard InChI is InChI=1S/C20H23N5O5S.C20H23N5O3S.CH2Cl2/c1-19(2,3)12-25-14(8-13-10-22-15(9-21)23-16(13)25)11-24-17(26)20(30-18(24)27)4-6-31(28,29)7-5-20;1-19(2,3)12-25-14(8-13-10-22-15(9-21)23-16(13)25)11-24-17(26)20(28-18(24)27)4-6-29-7-5-20;2-1-3/h8,10H,4-7,11-12H2,1-3H3;8,10H,4-7,11-12H2,1-3H3;1H2. The number of ether oxygens (including phenoxy) is 2. The molecule has 4 aliphatic rings. The van der Waals surface area contributed by atoms with Gasteiger partial charge < -0.3 is 18.6 Å². The van der Waals surface area contributed by atoms with E-state index in [0.717, 1.165) is 27.5 Å². The van der Waals surface area contributed by atoms with Gasteiger partial charge in [-0.25, -0.2) is 47.7 Å². The zero-order valence-electron chi connectivity index (χ0n) is 35.8. The molecule has 0 radical (unpaired) electrons. The highest BCUT2D eigenvalue weighted by molar-refractivity contribution is 7.99. The van der Waals surface area contributed by atoms with E-state index >= 15 is 0 Å². The molecule has 4 saturated heterocycles. The van der Waals surface area contributed by atoms with Crippen molar-refractivity contribution in [2.24, 2.45) is 10.8 Å². The number of nitrogens with zero attached hydrogens (tertiary/aromatic N) is 10. The Hall–Kier alpha value is -5.02. The number of amides is 4. The van der Waals surface area contributed by atoms with E-state index in [0.29, 0.717) is 48.3 Å². The number of carbonyl (C=O) groups is 4. The minimum atomic E-state index is -3.22. The Morgan fingerprint density at radius 2 is 1.10 bits per heavy atom. The lowest BCUT2D eigenvalue weighted by molar-refractivity contribution is -0.138. The van der Waals surface area contributed by atoms with Gasteiger partial charge in [0, 0.05) is 73.3 Å². The molecule has 0 atom stereocenters. The average molecular weight is 944 g/mol. The van der Waals surface area contributed by atoms with Crippen LogP contribution in [-0.2, 0) is 55.1 Å². The van der Waals surface area contributed by atoms with Crippen LogP contribution in [0.3, 0.4) is 0 Å². The van der Waals surface area contributed by atoms with Crippen molar-refractivity contribution in [3.63, 3.8) is 0 Å². The number of rotatable bonds is 6. The zero-order valence-corrected chi connectivity index (χ0v) is 39.0. The van der Waals surface area contributed by atoms with Gasteiger partial charge in [-0.1, -0.05) is 41.5 Å². The molecule has 0 aromatic carbocycles. The van der Waals surface area contributed by atoms with Crippen LogP contribution >= 0.6 is 35.0 Å². The van der Waals surface area contributed by atoms with Gasteiger partial charge in [0.2, 0.25) is 11.6 Å². The third-order valence-electron chi connectivity index (χ3n) is 10.8. The fourth-order valence-corrected chi connectivity index (χ4v) is 10.5. The van der Waals surface area contributed by atoms with E-state index in [4.69, 9.17) is 43.2 Å². The predicted molar refractivity (Wildman–Crippen MR) is 234 cm³/mol. The lowest BCUT2D eigenvalue weighted by Gasteiger charge is -2.28. The summed E-state index contributed by atoms with van der Waals surface area (Å²) in [5, 5.41) is 20.0. The SMILES string of the molecule is CC(C)(C)Cn1c(CN2C(=O)OC3(CCS(=O)(=O)CC3)C2=O)cc2cnc(C#N)nc21.CC(C)(C)Cn1c(CN2C(=O)OC3(CCSCC3)C2=O)cc2cnc(C#N)nc21.ClCCl. The Balaban J connectivity index is 0.000000198. The van der Waals surface area contributed by atoms with Crippen molar-refractivity contribution in [2.75, 3.05) is 28.4 Å². The van der Waals surface area contributed by atoms with Gasteiger partial charge in [-0.3, -0.25) is 9.59 Å². The first-order valence-corrected chi connectivity index (χ1v) is 24.1. The molecule has 0 unspecified atom stereocenters. The Labute approximate surface area is 379 Å². The van der Waals surface area contributed by atoms with Crippen molar-refractivity contribution in [3.05, 3.63) is 47.6 Å². The summed E-state index contributed by atoms with van der Waals surface area (Å²) in [6, 6.07) is 7.57. The molecular weight excluding hydrogens is 896 g/mol. The molecule has 0 N–H and O–H groups in total. The number of halogens is 2. The molecule has 336 valence electrons. The number of nitriles is 2. The van der Waals surface area contributed by atoms with E-state index in [2.05, 4.69) is 40.7 Å². The van der Waals surface area contributed by atoms with Crippen LogP contribution in [0.1, 0.15) is 90.3 Å². The van der Waals surface area contributed by atoms with Gasteiger partial charge in [-0.2, -0.15) is 22.3 Å². The molecule has 8 rings (SSSR count). The first-order chi connectivity index (χ1) is 29.6. The molecule has 4 amide bonds. The molecule has 0 aliphatic carbocycles. The van der Waals surface area contributed by atoms with Gasteiger partial charge in [0.1, 0.15) is 23.4 Å². The maximum Gasteiger partial charge on any atom is 0.418 e. The summed E-state index contributed by atoms with van der Waals surface area (Å²) in [4.78, 5) is 70.4. The fourth-order valence-electron chi connectivity index (χ4n) is 7.85. The minimum Gasteiger partial charge on any atom is -0.432 e. The van der Waals surface area contributed by atoms with Crippen LogP contribution in [0.2, 0.25) is 0 Å². The smallest absolute Gasteiger partial charge is 0.418 e. The normalized spacial score (nSPS) is 19.0. The topological polar surface area (TPSA) is 236 Å². The zero-order chi connectivity index (χ0) is 46.1. The molecular formula is C41H48Cl2N10O8S2. The van der Waals surface area contributed by atoms with Crippen molar-refractivity contribution in [2.45, 2.75) is 105 Å². The predicted octanol–water partition coefficient (Wildman–Crippen LogP) is 6.29. The lowest BCUT2D eigenvalue weighted by Crippen LogP contribution is -2.46. The highest BCUT2D eigenvalue weighted by atomic mass is 35.5. The summed E-state index contributed by atoms with van der Waals surface area (Å²) >= 11 is 11.3. The number of alkyl halides is 2. The molecule has 4 fully saturated rings. The molecule has 0 saturated carbocycles. The summed E-state index contributed by atoms with van der Waals surface area (Å²) in [5.74, 6) is 0.614. The third-order valence-corrected chi connectivity index (χ3v) is 13.4. The number of aromatic nitrogens is 6. The number of carbonyl (C=O) groups excluding carboxylic acids is 4. The molecule has 4 aromatic heterocycles. The highest BCUT2D eigenvalue weighted by Gasteiger charge is 2.56. The third kappa shape index (κ3) is 10.4. The largest absolute Gasteiger partial charge is 0.432 e. The first kappa shape index (κ1) is 47.5. The fraction of sp³-hybridized carbons (Fsp3) is 0.561. The maximum atomic E-state index is 13.1. The summed E-state index contributed by atoms with van der Waals surface area (Å²) in [7, 11) is -3.22. The second-order valence-corrected chi connectivity index (χ2v) is 22.4. The van der Waals surface area contributed by atoms with Gasteiger partial charge in [0.15, 0.2) is 21.0 Å². The Kier molecular flexibility index (Phi) is 13.7. The highest BCUT2D eigenvalue weighted by Crippen LogP contribution is 2.39. The van der Waals surface area contributed by atoms with Crippen LogP contribution in [0.15, 0.2) is 24.5 Å². The van der Waals surface area contributed by atoms with Gasteiger partial charge >= 0.3 is 12.2 Å². The van der Waals surface area contributed by atoms with Crippen molar-refractivity contribution >= 4 is 90.9 Å². The molecule has 4 aromatic rings. The van der Waals surface area contributed by atoms with Crippen LogP contribution in [0.25, 0.3) is 22.1 Å². The number of hydrogen-bond acceptors (Lipinski definition) is 15. The molecule has 18 nitrogen and oxygen atoms in total. The molecule has 22 heteroatoms. The van der Waals surface area contributed by atoms with Crippen LogP contribution in [-0.4, -0.2) is 111 Å².